The Morgan fingerprint density at radius 1 is 0.947 bits per heavy atom. The first kappa shape index (κ1) is 12.3. The Morgan fingerprint density at radius 3 is 1.95 bits per heavy atom. The van der Waals surface area contributed by atoms with Crippen molar-refractivity contribution in [2.75, 3.05) is 5.75 Å². The number of hydrogen-bond acceptors (Lipinski definition) is 2. The van der Waals surface area contributed by atoms with E-state index in [2.05, 4.69) is 54.6 Å². The zero-order valence-corrected chi connectivity index (χ0v) is 11.4. The largest absolute Gasteiger partial charge is 0.198 e. The van der Waals surface area contributed by atoms with Crippen molar-refractivity contribution < 1.29 is 0 Å². The maximum atomic E-state index is 9.56. The third-order valence-electron chi connectivity index (χ3n) is 3.79. The summed E-state index contributed by atoms with van der Waals surface area (Å²) in [5, 5.41) is 9.56. The molecule has 1 aliphatic heterocycles. The Morgan fingerprint density at radius 2 is 1.47 bits per heavy atom. The van der Waals surface area contributed by atoms with Gasteiger partial charge in [-0.3, -0.25) is 0 Å². The van der Waals surface area contributed by atoms with Gasteiger partial charge >= 0.3 is 0 Å². The fourth-order valence-electron chi connectivity index (χ4n) is 2.90. The first-order chi connectivity index (χ1) is 9.38. The smallest absolute Gasteiger partial charge is 0.0815 e. The van der Waals surface area contributed by atoms with Gasteiger partial charge in [0.1, 0.15) is 0 Å². The molecule has 0 saturated carbocycles. The third kappa shape index (κ3) is 1.95. The van der Waals surface area contributed by atoms with E-state index in [4.69, 9.17) is 0 Å². The van der Waals surface area contributed by atoms with Crippen LogP contribution in [0.2, 0.25) is 0 Å². The SMILES string of the molecule is N#CC1CCSC1(c1ccccc1)c1ccccc1. The molecular weight excluding hydrogens is 250 g/mol. The lowest BCUT2D eigenvalue weighted by molar-refractivity contribution is 0.554. The van der Waals surface area contributed by atoms with Crippen LogP contribution in [0.15, 0.2) is 60.7 Å². The zero-order valence-electron chi connectivity index (χ0n) is 10.6. The van der Waals surface area contributed by atoms with E-state index in [1.807, 2.05) is 23.9 Å². The van der Waals surface area contributed by atoms with Crippen LogP contribution in [0.4, 0.5) is 0 Å². The molecule has 94 valence electrons. The molecule has 0 bridgehead atoms. The van der Waals surface area contributed by atoms with Gasteiger partial charge in [0.2, 0.25) is 0 Å². The molecule has 0 aromatic heterocycles. The number of nitrogens with zero attached hydrogens (tertiary/aromatic N) is 1. The molecule has 1 atom stereocenters. The second-order valence-electron chi connectivity index (χ2n) is 4.79. The number of thioether (sulfide) groups is 1. The summed E-state index contributed by atoms with van der Waals surface area (Å²) in [7, 11) is 0. The predicted octanol–water partition coefficient (Wildman–Crippen LogP) is 4.21. The molecule has 0 radical (unpaired) electrons. The quantitative estimate of drug-likeness (QED) is 0.812. The Bertz CT molecular complexity index is 546. The van der Waals surface area contributed by atoms with Gasteiger partial charge in [0, 0.05) is 0 Å². The van der Waals surface area contributed by atoms with Crippen molar-refractivity contribution in [2.45, 2.75) is 11.2 Å². The Balaban J connectivity index is 2.20. The first-order valence-electron chi connectivity index (χ1n) is 6.52. The molecule has 19 heavy (non-hydrogen) atoms. The molecule has 0 aliphatic carbocycles. The van der Waals surface area contributed by atoms with Crippen LogP contribution >= 0.6 is 11.8 Å². The summed E-state index contributed by atoms with van der Waals surface area (Å²) in [6.45, 7) is 0. The van der Waals surface area contributed by atoms with E-state index in [-0.39, 0.29) is 10.7 Å². The Labute approximate surface area is 118 Å². The highest BCUT2D eigenvalue weighted by Crippen LogP contribution is 2.54. The van der Waals surface area contributed by atoms with Crippen LogP contribution < -0.4 is 0 Å². The van der Waals surface area contributed by atoms with E-state index in [1.165, 1.54) is 11.1 Å². The third-order valence-corrected chi connectivity index (χ3v) is 5.44. The van der Waals surface area contributed by atoms with E-state index in [1.54, 1.807) is 0 Å². The number of benzene rings is 2. The lowest BCUT2D eigenvalue weighted by Crippen LogP contribution is -2.28. The highest BCUT2D eigenvalue weighted by molar-refractivity contribution is 8.00. The number of hydrogen-bond donors (Lipinski definition) is 0. The van der Waals surface area contributed by atoms with Gasteiger partial charge in [-0.25, -0.2) is 0 Å². The van der Waals surface area contributed by atoms with Crippen LogP contribution in [-0.2, 0) is 4.75 Å². The molecule has 1 fully saturated rings. The second kappa shape index (κ2) is 5.11. The minimum absolute atomic E-state index is 0.0438. The van der Waals surface area contributed by atoms with Gasteiger partial charge in [-0.1, -0.05) is 60.7 Å². The van der Waals surface area contributed by atoms with Crippen LogP contribution in [0.5, 0.6) is 0 Å². The number of nitriles is 1. The molecule has 1 aliphatic rings. The van der Waals surface area contributed by atoms with Gasteiger partial charge in [-0.15, -0.1) is 11.8 Å². The Hall–Kier alpha value is -1.72. The molecule has 0 N–H and O–H groups in total. The maximum absolute atomic E-state index is 9.56. The minimum atomic E-state index is -0.197. The van der Waals surface area contributed by atoms with E-state index in [0.29, 0.717) is 0 Å². The highest BCUT2D eigenvalue weighted by atomic mass is 32.2. The summed E-state index contributed by atoms with van der Waals surface area (Å²) in [6.07, 6.45) is 0.963. The molecule has 1 unspecified atom stereocenters. The van der Waals surface area contributed by atoms with Crippen LogP contribution in [-0.4, -0.2) is 5.75 Å². The van der Waals surface area contributed by atoms with Gasteiger partial charge in [-0.2, -0.15) is 5.26 Å². The summed E-state index contributed by atoms with van der Waals surface area (Å²) in [5.41, 5.74) is 2.49. The lowest BCUT2D eigenvalue weighted by atomic mass is 9.79. The van der Waals surface area contributed by atoms with Gasteiger partial charge < -0.3 is 0 Å². The maximum Gasteiger partial charge on any atom is 0.0815 e. The standard InChI is InChI=1S/C17H15NS/c18-13-16-11-12-19-17(16,14-7-3-1-4-8-14)15-9-5-2-6-10-15/h1-10,16H,11-12H2. The summed E-state index contributed by atoms with van der Waals surface area (Å²) in [5.74, 6) is 1.09. The molecule has 1 nitrogen and oxygen atoms in total. The van der Waals surface area contributed by atoms with Crippen molar-refractivity contribution in [3.8, 4) is 6.07 Å². The topological polar surface area (TPSA) is 23.8 Å². The molecule has 2 aromatic rings. The average molecular weight is 265 g/mol. The average Bonchev–Trinajstić information content (AvgIpc) is 2.94. The van der Waals surface area contributed by atoms with Crippen molar-refractivity contribution >= 4 is 11.8 Å². The van der Waals surface area contributed by atoms with E-state index in [0.717, 1.165) is 12.2 Å². The van der Waals surface area contributed by atoms with Crippen LogP contribution in [0, 0.1) is 17.2 Å². The second-order valence-corrected chi connectivity index (χ2v) is 6.13. The molecule has 2 heteroatoms. The summed E-state index contributed by atoms with van der Waals surface area (Å²) >= 11 is 1.91. The molecule has 3 rings (SSSR count). The molecule has 0 amide bonds. The highest BCUT2D eigenvalue weighted by Gasteiger charge is 2.46. The van der Waals surface area contributed by atoms with E-state index in [9.17, 15) is 5.26 Å². The Kier molecular flexibility index (Phi) is 3.31. The normalized spacial score (nSPS) is 20.9. The molecule has 1 saturated heterocycles. The van der Waals surface area contributed by atoms with E-state index < -0.39 is 0 Å². The minimum Gasteiger partial charge on any atom is -0.198 e. The fourth-order valence-corrected chi connectivity index (χ4v) is 4.56. The zero-order chi connectivity index (χ0) is 13.1. The summed E-state index contributed by atoms with van der Waals surface area (Å²) in [4.78, 5) is 0. The van der Waals surface area contributed by atoms with Gasteiger partial charge in [0.15, 0.2) is 0 Å². The molecule has 0 spiro atoms. The number of rotatable bonds is 2. The van der Waals surface area contributed by atoms with Gasteiger partial charge in [0.05, 0.1) is 16.7 Å². The van der Waals surface area contributed by atoms with Crippen molar-refractivity contribution in [1.29, 1.82) is 5.26 Å². The molecule has 1 heterocycles. The van der Waals surface area contributed by atoms with Gasteiger partial charge in [-0.05, 0) is 23.3 Å². The predicted molar refractivity (Wildman–Crippen MR) is 79.8 cm³/mol. The summed E-state index contributed by atoms with van der Waals surface area (Å²) < 4.78 is -0.197. The first-order valence-corrected chi connectivity index (χ1v) is 7.51. The van der Waals surface area contributed by atoms with Crippen LogP contribution in [0.1, 0.15) is 17.5 Å². The van der Waals surface area contributed by atoms with Crippen molar-refractivity contribution in [3.05, 3.63) is 71.8 Å². The lowest BCUT2D eigenvalue weighted by Gasteiger charge is -2.32. The van der Waals surface area contributed by atoms with Crippen LogP contribution in [0.3, 0.4) is 0 Å². The van der Waals surface area contributed by atoms with Crippen LogP contribution in [0.25, 0.3) is 0 Å². The van der Waals surface area contributed by atoms with Crippen molar-refractivity contribution in [2.24, 2.45) is 5.92 Å². The fraction of sp³-hybridized carbons (Fsp3) is 0.235. The van der Waals surface area contributed by atoms with E-state index >= 15 is 0 Å². The monoisotopic (exact) mass is 265 g/mol. The van der Waals surface area contributed by atoms with Crippen molar-refractivity contribution in [1.82, 2.24) is 0 Å². The molecule has 2 aromatic carbocycles. The van der Waals surface area contributed by atoms with Crippen molar-refractivity contribution in [3.63, 3.8) is 0 Å². The van der Waals surface area contributed by atoms with Gasteiger partial charge in [0.25, 0.3) is 0 Å². The summed E-state index contributed by atoms with van der Waals surface area (Å²) in [6, 6.07) is 23.4. The molecular formula is C17H15NS.